The van der Waals surface area contributed by atoms with Gasteiger partial charge in [-0.3, -0.25) is 9.47 Å². The molecule has 0 spiro atoms. The summed E-state index contributed by atoms with van der Waals surface area (Å²) in [5.74, 6) is 0.328. The van der Waals surface area contributed by atoms with E-state index in [1.54, 1.807) is 33.5 Å². The molecule has 170 valence electrons. The van der Waals surface area contributed by atoms with Gasteiger partial charge in [-0.2, -0.15) is 0 Å². The molecule has 4 rings (SSSR count). The molecule has 6 nitrogen and oxygen atoms in total. The van der Waals surface area contributed by atoms with Crippen LogP contribution in [0.4, 0.5) is 4.39 Å². The van der Waals surface area contributed by atoms with Gasteiger partial charge in [0.15, 0.2) is 15.7 Å². The summed E-state index contributed by atoms with van der Waals surface area (Å²) in [5, 5.41) is 5.20. The molecule has 0 amide bonds. The Morgan fingerprint density at radius 2 is 1.94 bits per heavy atom. The summed E-state index contributed by atoms with van der Waals surface area (Å²) >= 11 is 12.2. The fraction of sp³-hybridized carbons (Fsp3) is 0.364. The number of hydrogen-bond donors (Lipinski definition) is 0. The Hall–Kier alpha value is -2.07. The lowest BCUT2D eigenvalue weighted by Gasteiger charge is -2.27. The van der Waals surface area contributed by atoms with Crippen molar-refractivity contribution >= 4 is 33.7 Å². The van der Waals surface area contributed by atoms with Crippen LogP contribution in [0.15, 0.2) is 48.5 Å². The van der Waals surface area contributed by atoms with Gasteiger partial charge >= 0.3 is 0 Å². The molecule has 1 atom stereocenters. The van der Waals surface area contributed by atoms with Crippen LogP contribution in [-0.2, 0) is 16.5 Å². The monoisotopic (exact) mass is 494 g/mol. The van der Waals surface area contributed by atoms with Crippen LogP contribution < -0.4 is 0 Å². The van der Waals surface area contributed by atoms with Crippen molar-refractivity contribution in [2.75, 3.05) is 18.1 Å². The van der Waals surface area contributed by atoms with Crippen LogP contribution in [0.25, 0.3) is 17.1 Å². The smallest absolute Gasteiger partial charge is 0.204 e. The van der Waals surface area contributed by atoms with E-state index in [0.717, 1.165) is 6.42 Å². The van der Waals surface area contributed by atoms with Crippen LogP contribution >= 0.6 is 23.8 Å². The second-order valence-electron chi connectivity index (χ2n) is 7.88. The summed E-state index contributed by atoms with van der Waals surface area (Å²) in [5.41, 5.74) is 0.914. The molecule has 0 bridgehead atoms. The average Bonchev–Trinajstić information content (AvgIpc) is 3.28. The lowest BCUT2D eigenvalue weighted by molar-refractivity contribution is 0.155. The Balaban J connectivity index is 1.82. The van der Waals surface area contributed by atoms with Crippen molar-refractivity contribution in [3.63, 3.8) is 0 Å². The molecule has 0 aliphatic carbocycles. The maximum absolute atomic E-state index is 14.8. The van der Waals surface area contributed by atoms with Crippen molar-refractivity contribution in [1.29, 1.82) is 0 Å². The molecule has 1 saturated heterocycles. The molecule has 3 aromatic rings. The van der Waals surface area contributed by atoms with Crippen LogP contribution in [0.5, 0.6) is 0 Å². The first-order valence-corrected chi connectivity index (χ1v) is 13.1. The third kappa shape index (κ3) is 4.66. The van der Waals surface area contributed by atoms with Gasteiger partial charge in [-0.1, -0.05) is 42.8 Å². The summed E-state index contributed by atoms with van der Waals surface area (Å²) in [6, 6.07) is 13.5. The van der Waals surface area contributed by atoms with E-state index >= 15 is 0 Å². The number of para-hydroxylation sites is 1. The molecule has 1 aromatic heterocycles. The van der Waals surface area contributed by atoms with Crippen molar-refractivity contribution in [2.24, 2.45) is 0 Å². The van der Waals surface area contributed by atoms with E-state index in [0.29, 0.717) is 40.8 Å². The summed E-state index contributed by atoms with van der Waals surface area (Å²) in [6.45, 7) is 3.06. The first-order chi connectivity index (χ1) is 15.3. The maximum Gasteiger partial charge on any atom is 0.204 e. The largest absolute Gasteiger partial charge is 0.280 e. The fourth-order valence-electron chi connectivity index (χ4n) is 4.06. The minimum Gasteiger partial charge on any atom is -0.280 e. The van der Waals surface area contributed by atoms with Crippen LogP contribution in [0, 0.1) is 10.6 Å². The highest BCUT2D eigenvalue weighted by Gasteiger charge is 2.32. The molecule has 1 fully saturated rings. The van der Waals surface area contributed by atoms with Crippen LogP contribution in [0.2, 0.25) is 5.02 Å². The van der Waals surface area contributed by atoms with Gasteiger partial charge in [-0.25, -0.2) is 17.5 Å². The van der Waals surface area contributed by atoms with Gasteiger partial charge in [0.05, 0.1) is 28.9 Å². The summed E-state index contributed by atoms with van der Waals surface area (Å²) in [7, 11) is -3.03. The van der Waals surface area contributed by atoms with Gasteiger partial charge in [0, 0.05) is 11.6 Å². The third-order valence-corrected chi connectivity index (χ3v) is 8.07. The summed E-state index contributed by atoms with van der Waals surface area (Å²) < 4.78 is 42.4. The van der Waals surface area contributed by atoms with E-state index in [-0.39, 0.29) is 23.2 Å². The zero-order chi connectivity index (χ0) is 22.9. The van der Waals surface area contributed by atoms with Crippen molar-refractivity contribution in [2.45, 2.75) is 32.5 Å². The fourth-order valence-corrected chi connectivity index (χ4v) is 6.32. The Labute approximate surface area is 197 Å². The SMILES string of the molecule is CCCN(Cn1nc(-c2ccccc2Cl)n(-c2ccccc2F)c1=S)C1CCS(=O)(=O)C1. The zero-order valence-electron chi connectivity index (χ0n) is 17.6. The lowest BCUT2D eigenvalue weighted by Crippen LogP contribution is -2.38. The second kappa shape index (κ2) is 9.43. The van der Waals surface area contributed by atoms with Crippen molar-refractivity contribution < 1.29 is 12.8 Å². The standard InChI is InChI=1S/C22H24ClFN4O2S2/c1-2-12-26(16-11-13-32(29,30)14-16)15-27-22(31)28(20-10-6-5-9-19(20)24)21(25-27)17-7-3-4-8-18(17)23/h3-10,16H,2,11-15H2,1H3. The topological polar surface area (TPSA) is 60.1 Å². The quantitative estimate of drug-likeness (QED) is 0.445. The second-order valence-corrected chi connectivity index (χ2v) is 10.9. The van der Waals surface area contributed by atoms with E-state index in [2.05, 4.69) is 4.90 Å². The van der Waals surface area contributed by atoms with Crippen LogP contribution in [0.3, 0.4) is 0 Å². The average molecular weight is 495 g/mol. The molecular weight excluding hydrogens is 471 g/mol. The Bertz CT molecular complexity index is 1290. The van der Waals surface area contributed by atoms with Crippen molar-refractivity contribution in [1.82, 2.24) is 19.2 Å². The summed E-state index contributed by atoms with van der Waals surface area (Å²) in [4.78, 5) is 2.09. The predicted molar refractivity (Wildman–Crippen MR) is 127 cm³/mol. The van der Waals surface area contributed by atoms with E-state index in [1.807, 2.05) is 25.1 Å². The zero-order valence-corrected chi connectivity index (χ0v) is 20.0. The highest BCUT2D eigenvalue weighted by atomic mass is 35.5. The Morgan fingerprint density at radius 3 is 2.59 bits per heavy atom. The third-order valence-electron chi connectivity index (χ3n) is 5.60. The molecule has 2 aromatic carbocycles. The first-order valence-electron chi connectivity index (χ1n) is 10.4. The minimum atomic E-state index is -3.03. The Kier molecular flexibility index (Phi) is 6.80. The van der Waals surface area contributed by atoms with Gasteiger partial charge in [-0.05, 0) is 55.9 Å². The van der Waals surface area contributed by atoms with Crippen LogP contribution in [-0.4, -0.2) is 51.8 Å². The maximum atomic E-state index is 14.8. The summed E-state index contributed by atoms with van der Waals surface area (Å²) in [6.07, 6.45) is 1.44. The molecule has 1 aliphatic heterocycles. The Morgan fingerprint density at radius 1 is 1.22 bits per heavy atom. The minimum absolute atomic E-state index is 0.0933. The van der Waals surface area contributed by atoms with E-state index in [9.17, 15) is 12.8 Å². The molecular formula is C22H24ClFN4O2S2. The lowest BCUT2D eigenvalue weighted by atomic mass is 10.2. The van der Waals surface area contributed by atoms with E-state index < -0.39 is 15.7 Å². The number of aromatic nitrogens is 3. The molecule has 0 saturated carbocycles. The van der Waals surface area contributed by atoms with Gasteiger partial charge in [0.25, 0.3) is 0 Å². The molecule has 32 heavy (non-hydrogen) atoms. The molecule has 0 N–H and O–H groups in total. The number of sulfone groups is 1. The van der Waals surface area contributed by atoms with Crippen molar-refractivity contribution in [3.05, 3.63) is 64.1 Å². The highest BCUT2D eigenvalue weighted by Crippen LogP contribution is 2.30. The number of benzene rings is 2. The van der Waals surface area contributed by atoms with Gasteiger partial charge in [0.2, 0.25) is 4.77 Å². The van der Waals surface area contributed by atoms with E-state index in [4.69, 9.17) is 28.9 Å². The van der Waals surface area contributed by atoms with Crippen molar-refractivity contribution in [3.8, 4) is 17.1 Å². The number of rotatable bonds is 7. The molecule has 0 radical (unpaired) electrons. The predicted octanol–water partition coefficient (Wildman–Crippen LogP) is 4.72. The molecule has 2 heterocycles. The molecule has 10 heteroatoms. The first kappa shape index (κ1) is 23.1. The number of hydrogen-bond acceptors (Lipinski definition) is 5. The van der Waals surface area contributed by atoms with Gasteiger partial charge in [0.1, 0.15) is 5.82 Å². The highest BCUT2D eigenvalue weighted by molar-refractivity contribution is 7.91. The van der Waals surface area contributed by atoms with Crippen LogP contribution in [0.1, 0.15) is 19.8 Å². The van der Waals surface area contributed by atoms with Gasteiger partial charge in [-0.15, -0.1) is 5.10 Å². The molecule has 1 unspecified atom stereocenters. The normalized spacial score (nSPS) is 17.8. The van der Waals surface area contributed by atoms with E-state index in [1.165, 1.54) is 6.07 Å². The number of nitrogens with zero attached hydrogens (tertiary/aromatic N) is 4. The molecule has 1 aliphatic rings. The van der Waals surface area contributed by atoms with Gasteiger partial charge < -0.3 is 0 Å². The number of halogens is 2.